The van der Waals surface area contributed by atoms with Gasteiger partial charge in [-0.15, -0.1) is 0 Å². The van der Waals surface area contributed by atoms with E-state index in [1.165, 1.54) is 18.0 Å². The number of halogens is 1. The molecule has 0 aromatic carbocycles. The van der Waals surface area contributed by atoms with Crippen molar-refractivity contribution >= 4 is 35.2 Å². The number of aromatic nitrogens is 2. The van der Waals surface area contributed by atoms with Crippen LogP contribution in [0.1, 0.15) is 30.3 Å². The fraction of sp³-hybridized carbons (Fsp3) is 0.455. The minimum Gasteiger partial charge on any atom is -0.481 e. The molecule has 1 heterocycles. The highest BCUT2D eigenvalue weighted by atomic mass is 35.5. The zero-order valence-electron chi connectivity index (χ0n) is 10.5. The molecule has 0 bridgehead atoms. The van der Waals surface area contributed by atoms with Gasteiger partial charge in [-0.1, -0.05) is 23.4 Å². The smallest absolute Gasteiger partial charge is 0.303 e. The first-order valence-electron chi connectivity index (χ1n) is 5.53. The van der Waals surface area contributed by atoms with E-state index in [4.69, 9.17) is 16.7 Å². The number of hydrogen-bond donors (Lipinski definition) is 2. The molecule has 1 amide bonds. The number of amides is 1. The Hall–Kier alpha value is -1.34. The maximum Gasteiger partial charge on any atom is 0.303 e. The topological polar surface area (TPSA) is 92.2 Å². The molecule has 0 aliphatic heterocycles. The lowest BCUT2D eigenvalue weighted by Crippen LogP contribution is -2.33. The van der Waals surface area contributed by atoms with Crippen molar-refractivity contribution in [3.63, 3.8) is 0 Å². The molecule has 2 N–H and O–H groups in total. The second-order valence-electron chi connectivity index (χ2n) is 3.86. The Balaban J connectivity index is 2.69. The van der Waals surface area contributed by atoms with Gasteiger partial charge in [-0.05, 0) is 19.6 Å². The van der Waals surface area contributed by atoms with Crippen molar-refractivity contribution in [2.45, 2.75) is 31.0 Å². The summed E-state index contributed by atoms with van der Waals surface area (Å²) in [6.45, 7) is 1.73. The summed E-state index contributed by atoms with van der Waals surface area (Å²) in [5, 5.41) is 11.8. The molecule has 1 aromatic heterocycles. The van der Waals surface area contributed by atoms with Crippen molar-refractivity contribution in [1.82, 2.24) is 15.3 Å². The van der Waals surface area contributed by atoms with E-state index < -0.39 is 11.9 Å². The van der Waals surface area contributed by atoms with Crippen LogP contribution in [0.4, 0.5) is 0 Å². The lowest BCUT2D eigenvalue weighted by atomic mass is 10.2. The molecule has 8 heteroatoms. The molecular weight excluding hydrogens is 290 g/mol. The number of rotatable bonds is 6. The quantitative estimate of drug-likeness (QED) is 0.615. The van der Waals surface area contributed by atoms with Gasteiger partial charge in [0, 0.05) is 12.5 Å². The third-order valence-corrected chi connectivity index (χ3v) is 3.13. The highest BCUT2D eigenvalue weighted by Crippen LogP contribution is 2.16. The van der Waals surface area contributed by atoms with Crippen LogP contribution in [0.3, 0.4) is 0 Å². The fourth-order valence-corrected chi connectivity index (χ4v) is 1.83. The molecule has 0 aliphatic carbocycles. The first kappa shape index (κ1) is 15.7. The molecule has 1 aromatic rings. The second kappa shape index (κ2) is 7.30. The largest absolute Gasteiger partial charge is 0.481 e. The zero-order chi connectivity index (χ0) is 14.4. The highest BCUT2D eigenvalue weighted by molar-refractivity contribution is 7.98. The third-order valence-electron chi connectivity index (χ3n) is 2.29. The van der Waals surface area contributed by atoms with Gasteiger partial charge in [-0.3, -0.25) is 9.59 Å². The van der Waals surface area contributed by atoms with Gasteiger partial charge in [0.15, 0.2) is 10.9 Å². The average molecular weight is 304 g/mol. The third kappa shape index (κ3) is 5.04. The molecule has 104 valence electrons. The van der Waals surface area contributed by atoms with Gasteiger partial charge in [-0.2, -0.15) is 0 Å². The molecule has 6 nitrogen and oxygen atoms in total. The van der Waals surface area contributed by atoms with Crippen molar-refractivity contribution in [2.75, 3.05) is 6.26 Å². The monoisotopic (exact) mass is 303 g/mol. The SMILES string of the molecule is CSc1ncc(Cl)c(C(=O)NC(C)CCC(=O)O)n1. The van der Waals surface area contributed by atoms with E-state index in [2.05, 4.69) is 15.3 Å². The number of aliphatic carboxylic acids is 1. The lowest BCUT2D eigenvalue weighted by molar-refractivity contribution is -0.137. The molecule has 0 aliphatic rings. The van der Waals surface area contributed by atoms with Crippen molar-refractivity contribution in [1.29, 1.82) is 0 Å². The standard InChI is InChI=1S/C11H14ClN3O3S/c1-6(3-4-8(16)17)14-10(18)9-7(12)5-13-11(15-9)19-2/h5-6H,3-4H2,1-2H3,(H,14,18)(H,16,17). The minimum absolute atomic E-state index is 0.00495. The van der Waals surface area contributed by atoms with Crippen LogP contribution in [0.15, 0.2) is 11.4 Å². The van der Waals surface area contributed by atoms with E-state index in [0.717, 1.165) is 0 Å². The van der Waals surface area contributed by atoms with E-state index in [-0.39, 0.29) is 23.2 Å². The van der Waals surface area contributed by atoms with E-state index in [1.807, 2.05) is 0 Å². The molecular formula is C11H14ClN3O3S. The van der Waals surface area contributed by atoms with Crippen LogP contribution in [-0.2, 0) is 4.79 Å². The predicted octanol–water partition coefficient (Wildman–Crippen LogP) is 1.83. The van der Waals surface area contributed by atoms with Gasteiger partial charge in [-0.25, -0.2) is 9.97 Å². The Morgan fingerprint density at radius 1 is 1.58 bits per heavy atom. The summed E-state index contributed by atoms with van der Waals surface area (Å²) in [6.07, 6.45) is 3.51. The fourth-order valence-electron chi connectivity index (χ4n) is 1.31. The summed E-state index contributed by atoms with van der Waals surface area (Å²) >= 11 is 7.17. The Kier molecular flexibility index (Phi) is 6.04. The summed E-state index contributed by atoms with van der Waals surface area (Å²) in [7, 11) is 0. The number of hydrogen-bond acceptors (Lipinski definition) is 5. The van der Waals surface area contributed by atoms with Gasteiger partial charge in [0.2, 0.25) is 0 Å². The Bertz CT molecular complexity index is 484. The Morgan fingerprint density at radius 2 is 2.26 bits per heavy atom. The number of thioether (sulfide) groups is 1. The summed E-state index contributed by atoms with van der Waals surface area (Å²) < 4.78 is 0. The van der Waals surface area contributed by atoms with Gasteiger partial charge >= 0.3 is 5.97 Å². The van der Waals surface area contributed by atoms with Crippen molar-refractivity contribution in [2.24, 2.45) is 0 Å². The molecule has 1 atom stereocenters. The molecule has 0 spiro atoms. The zero-order valence-corrected chi connectivity index (χ0v) is 12.1. The van der Waals surface area contributed by atoms with Gasteiger partial charge in [0.1, 0.15) is 0 Å². The normalized spacial score (nSPS) is 11.9. The van der Waals surface area contributed by atoms with E-state index in [9.17, 15) is 9.59 Å². The highest BCUT2D eigenvalue weighted by Gasteiger charge is 2.16. The molecule has 0 fully saturated rings. The average Bonchev–Trinajstić information content (AvgIpc) is 2.36. The summed E-state index contributed by atoms with van der Waals surface area (Å²) in [5.74, 6) is -1.33. The maximum atomic E-state index is 11.9. The van der Waals surface area contributed by atoms with Crippen LogP contribution in [0, 0.1) is 0 Å². The summed E-state index contributed by atoms with van der Waals surface area (Å²) in [4.78, 5) is 30.4. The lowest BCUT2D eigenvalue weighted by Gasteiger charge is -2.13. The van der Waals surface area contributed by atoms with E-state index >= 15 is 0 Å². The van der Waals surface area contributed by atoms with Crippen LogP contribution in [0.2, 0.25) is 5.02 Å². The number of carbonyl (C=O) groups excluding carboxylic acids is 1. The van der Waals surface area contributed by atoms with E-state index in [0.29, 0.717) is 11.6 Å². The summed E-state index contributed by atoms with van der Waals surface area (Å²) in [6, 6.07) is -0.271. The number of carboxylic acid groups (broad SMARTS) is 1. The number of carbonyl (C=O) groups is 2. The Labute approximate surface area is 120 Å². The van der Waals surface area contributed by atoms with E-state index in [1.54, 1.807) is 13.2 Å². The van der Waals surface area contributed by atoms with Crippen LogP contribution >= 0.6 is 23.4 Å². The molecule has 0 radical (unpaired) electrons. The maximum absolute atomic E-state index is 11.9. The van der Waals surface area contributed by atoms with Gasteiger partial charge in [0.25, 0.3) is 5.91 Å². The first-order chi connectivity index (χ1) is 8.93. The first-order valence-corrected chi connectivity index (χ1v) is 7.13. The summed E-state index contributed by atoms with van der Waals surface area (Å²) in [5.41, 5.74) is 0.100. The van der Waals surface area contributed by atoms with Crippen LogP contribution in [-0.4, -0.2) is 39.2 Å². The molecule has 0 saturated heterocycles. The van der Waals surface area contributed by atoms with Crippen LogP contribution in [0.25, 0.3) is 0 Å². The molecule has 0 saturated carbocycles. The number of carboxylic acids is 1. The molecule has 1 unspecified atom stereocenters. The second-order valence-corrected chi connectivity index (χ2v) is 5.04. The number of nitrogens with zero attached hydrogens (tertiary/aromatic N) is 2. The predicted molar refractivity (Wildman–Crippen MR) is 72.6 cm³/mol. The van der Waals surface area contributed by atoms with Crippen molar-refractivity contribution in [3.8, 4) is 0 Å². The minimum atomic E-state index is -0.897. The molecule has 19 heavy (non-hydrogen) atoms. The van der Waals surface area contributed by atoms with Crippen molar-refractivity contribution < 1.29 is 14.7 Å². The Morgan fingerprint density at radius 3 is 2.84 bits per heavy atom. The van der Waals surface area contributed by atoms with Gasteiger partial charge < -0.3 is 10.4 Å². The van der Waals surface area contributed by atoms with Crippen LogP contribution < -0.4 is 5.32 Å². The van der Waals surface area contributed by atoms with Gasteiger partial charge in [0.05, 0.1) is 11.2 Å². The molecule has 1 rings (SSSR count). The van der Waals surface area contributed by atoms with Crippen LogP contribution in [0.5, 0.6) is 0 Å². The number of nitrogens with one attached hydrogen (secondary N) is 1. The van der Waals surface area contributed by atoms with Crippen molar-refractivity contribution in [3.05, 3.63) is 16.9 Å².